The summed E-state index contributed by atoms with van der Waals surface area (Å²) >= 11 is 13.4. The number of hydrogen-bond acceptors (Lipinski definition) is 4. The van der Waals surface area contributed by atoms with Crippen LogP contribution in [0.15, 0.2) is 36.4 Å². The third-order valence-electron chi connectivity index (χ3n) is 4.47. The molecule has 144 valence electrons. The quantitative estimate of drug-likeness (QED) is 0.770. The first-order chi connectivity index (χ1) is 13.0. The number of amides is 2. The molecule has 0 unspecified atom stereocenters. The minimum Gasteiger partial charge on any atom is -0.368 e. The molecule has 0 radical (unpaired) electrons. The lowest BCUT2D eigenvalue weighted by Gasteiger charge is -2.36. The van der Waals surface area contributed by atoms with E-state index in [0.717, 1.165) is 28.0 Å². The second-order valence-electron chi connectivity index (χ2n) is 6.33. The topological polar surface area (TPSA) is 52.7 Å². The Morgan fingerprint density at radius 3 is 2.52 bits per heavy atom. The summed E-state index contributed by atoms with van der Waals surface area (Å²) in [4.78, 5) is 29.4. The Labute approximate surface area is 172 Å². The highest BCUT2D eigenvalue weighted by Gasteiger charge is 2.21. The number of rotatable bonds is 6. The molecule has 0 aliphatic carbocycles. The number of halogens is 2. The molecular formula is C19H21Cl2N3O2S. The Morgan fingerprint density at radius 2 is 1.85 bits per heavy atom. The van der Waals surface area contributed by atoms with Gasteiger partial charge in [0.1, 0.15) is 0 Å². The molecule has 8 heteroatoms. The van der Waals surface area contributed by atoms with E-state index in [1.54, 1.807) is 4.90 Å². The van der Waals surface area contributed by atoms with Crippen LogP contribution in [-0.4, -0.2) is 49.4 Å². The smallest absolute Gasteiger partial charge is 0.242 e. The van der Waals surface area contributed by atoms with Crippen molar-refractivity contribution < 1.29 is 9.59 Å². The number of carbonyl (C=O) groups excluding carboxylic acids is 2. The molecule has 1 aromatic heterocycles. The van der Waals surface area contributed by atoms with Crippen molar-refractivity contribution in [3.63, 3.8) is 0 Å². The summed E-state index contributed by atoms with van der Waals surface area (Å²) in [5.41, 5.74) is 1.07. The highest BCUT2D eigenvalue weighted by atomic mass is 35.5. The van der Waals surface area contributed by atoms with Gasteiger partial charge in [0.15, 0.2) is 0 Å². The fourth-order valence-corrected chi connectivity index (χ4v) is 4.26. The van der Waals surface area contributed by atoms with Crippen molar-refractivity contribution in [3.8, 4) is 0 Å². The van der Waals surface area contributed by atoms with Crippen LogP contribution >= 0.6 is 34.5 Å². The molecule has 5 nitrogen and oxygen atoms in total. The molecule has 27 heavy (non-hydrogen) atoms. The van der Waals surface area contributed by atoms with Crippen molar-refractivity contribution in [2.45, 2.75) is 12.8 Å². The van der Waals surface area contributed by atoms with Crippen LogP contribution in [0.5, 0.6) is 0 Å². The van der Waals surface area contributed by atoms with Gasteiger partial charge in [0, 0.05) is 48.2 Å². The summed E-state index contributed by atoms with van der Waals surface area (Å²) in [6.45, 7) is 2.81. The van der Waals surface area contributed by atoms with Crippen LogP contribution in [0.2, 0.25) is 9.36 Å². The molecule has 0 bridgehead atoms. The van der Waals surface area contributed by atoms with E-state index in [1.807, 2.05) is 36.4 Å². The number of thiophene rings is 1. The van der Waals surface area contributed by atoms with Crippen molar-refractivity contribution in [1.29, 1.82) is 0 Å². The van der Waals surface area contributed by atoms with Gasteiger partial charge in [0.2, 0.25) is 11.8 Å². The van der Waals surface area contributed by atoms with Gasteiger partial charge >= 0.3 is 0 Å². The van der Waals surface area contributed by atoms with Crippen molar-refractivity contribution in [2.75, 3.05) is 37.6 Å². The molecule has 1 saturated heterocycles. The van der Waals surface area contributed by atoms with Gasteiger partial charge in [0.25, 0.3) is 0 Å². The second kappa shape index (κ2) is 9.44. The maximum Gasteiger partial charge on any atom is 0.242 e. The zero-order chi connectivity index (χ0) is 19.2. The van der Waals surface area contributed by atoms with E-state index in [4.69, 9.17) is 23.2 Å². The SMILES string of the molecule is O=C(CCc1ccc(Cl)s1)NCC(=O)N1CCN(c2cccc(Cl)c2)CC1. The molecule has 1 aliphatic rings. The van der Waals surface area contributed by atoms with E-state index < -0.39 is 0 Å². The standard InChI is InChI=1S/C19H21Cl2N3O2S/c20-14-2-1-3-15(12-14)23-8-10-24(11-9-23)19(26)13-22-18(25)7-5-16-4-6-17(21)27-16/h1-4,6,12H,5,7-11,13H2,(H,22,25). The summed E-state index contributed by atoms with van der Waals surface area (Å²) < 4.78 is 0.720. The largest absolute Gasteiger partial charge is 0.368 e. The number of nitrogens with one attached hydrogen (secondary N) is 1. The van der Waals surface area contributed by atoms with Gasteiger partial charge in [-0.15, -0.1) is 11.3 Å². The van der Waals surface area contributed by atoms with E-state index in [1.165, 1.54) is 11.3 Å². The van der Waals surface area contributed by atoms with Gasteiger partial charge in [-0.25, -0.2) is 0 Å². The molecule has 1 fully saturated rings. The average Bonchev–Trinajstić information content (AvgIpc) is 3.10. The number of nitrogens with zero attached hydrogens (tertiary/aromatic N) is 2. The fraction of sp³-hybridized carbons (Fsp3) is 0.368. The highest BCUT2D eigenvalue weighted by Crippen LogP contribution is 2.22. The zero-order valence-electron chi connectivity index (χ0n) is 14.8. The molecule has 0 atom stereocenters. The maximum atomic E-state index is 12.3. The molecule has 0 spiro atoms. The van der Waals surface area contributed by atoms with Crippen LogP contribution in [0, 0.1) is 0 Å². The number of aryl methyl sites for hydroxylation is 1. The summed E-state index contributed by atoms with van der Waals surface area (Å²) in [5, 5.41) is 3.42. The summed E-state index contributed by atoms with van der Waals surface area (Å²) in [6, 6.07) is 11.5. The minimum absolute atomic E-state index is 0.0429. The molecule has 1 aliphatic heterocycles. The van der Waals surface area contributed by atoms with E-state index in [-0.39, 0.29) is 18.4 Å². The van der Waals surface area contributed by atoms with Crippen molar-refractivity contribution in [3.05, 3.63) is 50.6 Å². The van der Waals surface area contributed by atoms with Crippen LogP contribution in [0.1, 0.15) is 11.3 Å². The molecule has 2 aromatic rings. The third kappa shape index (κ3) is 5.86. The number of hydrogen-bond donors (Lipinski definition) is 1. The predicted octanol–water partition coefficient (Wildman–Crippen LogP) is 3.45. The number of piperazine rings is 1. The van der Waals surface area contributed by atoms with Gasteiger partial charge in [-0.1, -0.05) is 29.3 Å². The Hall–Kier alpha value is -1.76. The number of benzene rings is 1. The highest BCUT2D eigenvalue weighted by molar-refractivity contribution is 7.16. The van der Waals surface area contributed by atoms with E-state index >= 15 is 0 Å². The molecule has 3 rings (SSSR count). The summed E-state index contributed by atoms with van der Waals surface area (Å²) in [7, 11) is 0. The summed E-state index contributed by atoms with van der Waals surface area (Å²) in [5.74, 6) is -0.168. The first kappa shape index (κ1) is 20.0. The molecule has 2 amide bonds. The monoisotopic (exact) mass is 425 g/mol. The Morgan fingerprint density at radius 1 is 1.07 bits per heavy atom. The zero-order valence-corrected chi connectivity index (χ0v) is 17.1. The van der Waals surface area contributed by atoms with Crippen LogP contribution < -0.4 is 10.2 Å². The molecule has 1 aromatic carbocycles. The van der Waals surface area contributed by atoms with Crippen molar-refractivity contribution in [2.24, 2.45) is 0 Å². The second-order valence-corrected chi connectivity index (χ2v) is 8.57. The lowest BCUT2D eigenvalue weighted by molar-refractivity contribution is -0.133. The number of anilines is 1. The van der Waals surface area contributed by atoms with Gasteiger partial charge in [-0.3, -0.25) is 9.59 Å². The lowest BCUT2D eigenvalue weighted by Crippen LogP contribution is -2.51. The summed E-state index contributed by atoms with van der Waals surface area (Å²) in [6.07, 6.45) is 0.988. The Balaban J connectivity index is 1.38. The van der Waals surface area contributed by atoms with E-state index in [0.29, 0.717) is 31.0 Å². The van der Waals surface area contributed by atoms with E-state index in [2.05, 4.69) is 10.2 Å². The Kier molecular flexibility index (Phi) is 6.99. The van der Waals surface area contributed by atoms with Gasteiger partial charge in [-0.05, 0) is 36.8 Å². The fourth-order valence-electron chi connectivity index (χ4n) is 2.98. The van der Waals surface area contributed by atoms with E-state index in [9.17, 15) is 9.59 Å². The van der Waals surface area contributed by atoms with Crippen LogP contribution in [-0.2, 0) is 16.0 Å². The lowest BCUT2D eigenvalue weighted by atomic mass is 10.2. The van der Waals surface area contributed by atoms with Crippen LogP contribution in [0.4, 0.5) is 5.69 Å². The third-order valence-corrected chi connectivity index (χ3v) is 6.00. The van der Waals surface area contributed by atoms with Gasteiger partial charge < -0.3 is 15.1 Å². The average molecular weight is 426 g/mol. The number of carbonyl (C=O) groups is 2. The van der Waals surface area contributed by atoms with Gasteiger partial charge in [0.05, 0.1) is 10.9 Å². The molecular weight excluding hydrogens is 405 g/mol. The first-order valence-electron chi connectivity index (χ1n) is 8.80. The van der Waals surface area contributed by atoms with Crippen LogP contribution in [0.3, 0.4) is 0 Å². The van der Waals surface area contributed by atoms with Crippen molar-refractivity contribution >= 4 is 52.0 Å². The maximum absolute atomic E-state index is 12.3. The molecule has 0 saturated carbocycles. The normalized spacial score (nSPS) is 14.3. The Bertz CT molecular complexity index is 804. The minimum atomic E-state index is -0.120. The van der Waals surface area contributed by atoms with Crippen LogP contribution in [0.25, 0.3) is 0 Å². The first-order valence-corrected chi connectivity index (χ1v) is 10.4. The molecule has 1 N–H and O–H groups in total. The molecule has 2 heterocycles. The van der Waals surface area contributed by atoms with Gasteiger partial charge in [-0.2, -0.15) is 0 Å². The van der Waals surface area contributed by atoms with Crippen molar-refractivity contribution in [1.82, 2.24) is 10.2 Å². The predicted molar refractivity (Wildman–Crippen MR) is 111 cm³/mol.